The standard InChI is InChI=1S/C18H19F3N2O3/c1-22(10-12-6-2-5-9-15(12)26-18(19,20)21)11-23-16(24)13-7-3-4-8-14(13)17(23)25/h2-6,9,13-14H,7-8,10-11H2,1H3/t13-,14-/m1/s1. The Morgan fingerprint density at radius 2 is 1.69 bits per heavy atom. The van der Waals surface area contributed by atoms with E-state index >= 15 is 0 Å². The molecule has 0 unspecified atom stereocenters. The van der Waals surface area contributed by atoms with Crippen LogP contribution in [0.15, 0.2) is 36.4 Å². The second-order valence-corrected chi connectivity index (χ2v) is 6.57. The molecule has 3 rings (SSSR count). The highest BCUT2D eigenvalue weighted by atomic mass is 19.4. The molecule has 1 heterocycles. The lowest BCUT2D eigenvalue weighted by Crippen LogP contribution is -2.40. The molecule has 0 spiro atoms. The Morgan fingerprint density at radius 3 is 2.27 bits per heavy atom. The van der Waals surface area contributed by atoms with Crippen molar-refractivity contribution in [3.05, 3.63) is 42.0 Å². The summed E-state index contributed by atoms with van der Waals surface area (Å²) in [5.74, 6) is -1.35. The van der Waals surface area contributed by atoms with Gasteiger partial charge in [0, 0.05) is 12.1 Å². The summed E-state index contributed by atoms with van der Waals surface area (Å²) < 4.78 is 41.6. The molecule has 1 aliphatic carbocycles. The molecule has 8 heteroatoms. The van der Waals surface area contributed by atoms with Crippen molar-refractivity contribution in [2.45, 2.75) is 25.7 Å². The minimum Gasteiger partial charge on any atom is -0.405 e. The number of rotatable bonds is 5. The van der Waals surface area contributed by atoms with Crippen LogP contribution in [-0.2, 0) is 16.1 Å². The Labute approximate surface area is 149 Å². The van der Waals surface area contributed by atoms with Gasteiger partial charge in [0.2, 0.25) is 11.8 Å². The average Bonchev–Trinajstić information content (AvgIpc) is 2.81. The second kappa shape index (κ2) is 7.11. The lowest BCUT2D eigenvalue weighted by atomic mass is 9.85. The Kier molecular flexibility index (Phi) is 5.04. The van der Waals surface area contributed by atoms with E-state index in [9.17, 15) is 22.8 Å². The van der Waals surface area contributed by atoms with E-state index in [-0.39, 0.29) is 42.6 Å². The van der Waals surface area contributed by atoms with E-state index < -0.39 is 6.36 Å². The number of benzene rings is 1. The number of likely N-dealkylation sites (tertiary alicyclic amines) is 1. The minimum atomic E-state index is -4.78. The van der Waals surface area contributed by atoms with Gasteiger partial charge in [-0.25, -0.2) is 0 Å². The first-order valence-corrected chi connectivity index (χ1v) is 8.28. The smallest absolute Gasteiger partial charge is 0.405 e. The number of alkyl halides is 3. The molecule has 0 saturated carbocycles. The van der Waals surface area contributed by atoms with Crippen molar-refractivity contribution in [1.29, 1.82) is 0 Å². The zero-order chi connectivity index (χ0) is 18.9. The molecule has 1 aromatic rings. The van der Waals surface area contributed by atoms with Gasteiger partial charge in [-0.05, 0) is 26.0 Å². The molecule has 140 valence electrons. The van der Waals surface area contributed by atoms with Gasteiger partial charge in [0.15, 0.2) is 0 Å². The number of ether oxygens (including phenoxy) is 1. The highest BCUT2D eigenvalue weighted by Crippen LogP contribution is 2.35. The molecular formula is C18H19F3N2O3. The lowest BCUT2D eigenvalue weighted by molar-refractivity contribution is -0.275. The molecule has 1 fully saturated rings. The highest BCUT2D eigenvalue weighted by Gasteiger charge is 2.47. The number of carbonyl (C=O) groups excluding carboxylic acids is 2. The number of hydrogen-bond donors (Lipinski definition) is 0. The van der Waals surface area contributed by atoms with Gasteiger partial charge in [0.1, 0.15) is 5.75 Å². The number of fused-ring (bicyclic) bond motifs is 1. The normalized spacial score (nSPS) is 22.9. The highest BCUT2D eigenvalue weighted by molar-refractivity contribution is 6.05. The van der Waals surface area contributed by atoms with E-state index in [1.54, 1.807) is 18.0 Å². The molecule has 0 aromatic heterocycles. The minimum absolute atomic E-state index is 0.0328. The van der Waals surface area contributed by atoms with Crippen molar-refractivity contribution in [2.24, 2.45) is 11.8 Å². The van der Waals surface area contributed by atoms with E-state index in [4.69, 9.17) is 0 Å². The molecule has 0 radical (unpaired) electrons. The number of amides is 2. The first kappa shape index (κ1) is 18.4. The molecule has 2 amide bonds. The van der Waals surface area contributed by atoms with Gasteiger partial charge in [-0.3, -0.25) is 19.4 Å². The van der Waals surface area contributed by atoms with Gasteiger partial charge in [0.25, 0.3) is 0 Å². The number of hydrogen-bond acceptors (Lipinski definition) is 4. The number of nitrogens with zero attached hydrogens (tertiary/aromatic N) is 2. The SMILES string of the molecule is CN(Cc1ccccc1OC(F)(F)F)CN1C(=O)[C@@H]2CC=CC[C@H]2C1=O. The van der Waals surface area contributed by atoms with Crippen molar-refractivity contribution < 1.29 is 27.5 Å². The van der Waals surface area contributed by atoms with E-state index in [1.807, 2.05) is 12.2 Å². The number of para-hydroxylation sites is 1. The van der Waals surface area contributed by atoms with Crippen LogP contribution in [0.5, 0.6) is 5.75 Å². The fourth-order valence-electron chi connectivity index (χ4n) is 3.45. The summed E-state index contributed by atoms with van der Waals surface area (Å²) in [6.45, 7) is 0.141. The summed E-state index contributed by atoms with van der Waals surface area (Å²) in [4.78, 5) is 27.8. The first-order valence-electron chi connectivity index (χ1n) is 8.28. The first-order chi connectivity index (χ1) is 12.3. The quantitative estimate of drug-likeness (QED) is 0.592. The summed E-state index contributed by atoms with van der Waals surface area (Å²) in [6.07, 6.45) is 0.141. The maximum atomic E-state index is 12.5. The monoisotopic (exact) mass is 368 g/mol. The van der Waals surface area contributed by atoms with E-state index in [0.29, 0.717) is 18.4 Å². The van der Waals surface area contributed by atoms with Crippen LogP contribution in [0.25, 0.3) is 0 Å². The van der Waals surface area contributed by atoms with Crippen LogP contribution in [-0.4, -0.2) is 41.7 Å². The fourth-order valence-corrected chi connectivity index (χ4v) is 3.45. The maximum absolute atomic E-state index is 12.5. The van der Waals surface area contributed by atoms with Crippen molar-refractivity contribution in [1.82, 2.24) is 9.80 Å². The number of halogens is 3. The Bertz CT molecular complexity index is 707. The number of carbonyl (C=O) groups is 2. The molecule has 0 N–H and O–H groups in total. The van der Waals surface area contributed by atoms with Gasteiger partial charge in [-0.15, -0.1) is 13.2 Å². The molecule has 26 heavy (non-hydrogen) atoms. The molecule has 1 saturated heterocycles. The zero-order valence-electron chi connectivity index (χ0n) is 14.2. The lowest BCUT2D eigenvalue weighted by Gasteiger charge is -2.24. The van der Waals surface area contributed by atoms with Crippen LogP contribution in [0.3, 0.4) is 0 Å². The van der Waals surface area contributed by atoms with Crippen molar-refractivity contribution in [3.63, 3.8) is 0 Å². The molecule has 2 aliphatic rings. The van der Waals surface area contributed by atoms with Crippen LogP contribution in [0, 0.1) is 11.8 Å². The summed E-state index contributed by atoms with van der Waals surface area (Å²) in [5, 5.41) is 0. The Balaban J connectivity index is 1.67. The summed E-state index contributed by atoms with van der Waals surface area (Å²) in [7, 11) is 1.64. The molecule has 5 nitrogen and oxygen atoms in total. The molecule has 1 aliphatic heterocycles. The third-order valence-corrected chi connectivity index (χ3v) is 4.62. The topological polar surface area (TPSA) is 49.9 Å². The van der Waals surface area contributed by atoms with Crippen molar-refractivity contribution in [3.8, 4) is 5.75 Å². The number of imide groups is 1. The Morgan fingerprint density at radius 1 is 1.12 bits per heavy atom. The Hall–Kier alpha value is -2.35. The van der Waals surface area contributed by atoms with Gasteiger partial charge in [0.05, 0.1) is 18.5 Å². The van der Waals surface area contributed by atoms with Crippen molar-refractivity contribution in [2.75, 3.05) is 13.7 Å². The zero-order valence-corrected chi connectivity index (χ0v) is 14.2. The van der Waals surface area contributed by atoms with Gasteiger partial charge < -0.3 is 4.74 Å². The van der Waals surface area contributed by atoms with Crippen molar-refractivity contribution >= 4 is 11.8 Å². The predicted octanol–water partition coefficient (Wildman–Crippen LogP) is 2.93. The van der Waals surface area contributed by atoms with Crippen LogP contribution >= 0.6 is 0 Å². The molecular weight excluding hydrogens is 349 g/mol. The van der Waals surface area contributed by atoms with Gasteiger partial charge in [-0.2, -0.15) is 0 Å². The van der Waals surface area contributed by atoms with Crippen LogP contribution in [0.1, 0.15) is 18.4 Å². The number of allylic oxidation sites excluding steroid dienone is 2. The van der Waals surface area contributed by atoms with Gasteiger partial charge >= 0.3 is 6.36 Å². The second-order valence-electron chi connectivity index (χ2n) is 6.57. The molecule has 2 atom stereocenters. The molecule has 1 aromatic carbocycles. The van der Waals surface area contributed by atoms with Gasteiger partial charge in [-0.1, -0.05) is 30.4 Å². The summed E-state index contributed by atoms with van der Waals surface area (Å²) >= 11 is 0. The summed E-state index contributed by atoms with van der Waals surface area (Å²) in [6, 6.07) is 5.83. The van der Waals surface area contributed by atoms with E-state index in [0.717, 1.165) is 0 Å². The summed E-state index contributed by atoms with van der Waals surface area (Å²) in [5.41, 5.74) is 0.325. The average molecular weight is 368 g/mol. The van der Waals surface area contributed by atoms with Crippen LogP contribution in [0.4, 0.5) is 13.2 Å². The van der Waals surface area contributed by atoms with Crippen LogP contribution in [0.2, 0.25) is 0 Å². The van der Waals surface area contributed by atoms with E-state index in [2.05, 4.69) is 4.74 Å². The molecule has 0 bridgehead atoms. The third kappa shape index (κ3) is 3.90. The largest absolute Gasteiger partial charge is 0.573 e. The predicted molar refractivity (Wildman–Crippen MR) is 86.7 cm³/mol. The maximum Gasteiger partial charge on any atom is 0.573 e. The third-order valence-electron chi connectivity index (χ3n) is 4.62. The van der Waals surface area contributed by atoms with E-state index in [1.165, 1.54) is 23.1 Å². The fraction of sp³-hybridized carbons (Fsp3) is 0.444. The van der Waals surface area contributed by atoms with Crippen LogP contribution < -0.4 is 4.74 Å².